The fourth-order valence-electron chi connectivity index (χ4n) is 4.28. The monoisotopic (exact) mass is 529 g/mol. The molecule has 7 nitrogen and oxygen atoms in total. The van der Waals surface area contributed by atoms with Gasteiger partial charge in [-0.25, -0.2) is 4.98 Å². The Morgan fingerprint density at radius 3 is 2.78 bits per heavy atom. The van der Waals surface area contributed by atoms with Gasteiger partial charge < -0.3 is 19.9 Å². The van der Waals surface area contributed by atoms with Crippen molar-refractivity contribution in [3.63, 3.8) is 0 Å². The summed E-state index contributed by atoms with van der Waals surface area (Å²) in [5.41, 5.74) is 0.330. The van der Waals surface area contributed by atoms with Crippen molar-refractivity contribution >= 4 is 34.0 Å². The number of benzene rings is 1. The van der Waals surface area contributed by atoms with Crippen LogP contribution in [0.2, 0.25) is 0 Å². The third-order valence-corrected chi connectivity index (χ3v) is 7.62. The lowest BCUT2D eigenvalue weighted by Crippen LogP contribution is -2.36. The standard InChI is InChI=1S/C27H32ClN3O4S/c1-4-5-6-7-20(28)24(30-19(15-32)12-17(2)3)23-14-29-26(36-23)31-25(33)27(10-11-27)18-8-9-21-22(13-18)35-16-34-21/h4-9,13-14,17,19,24,30,32H,1,10-12,15-16H2,2-3H3,(H,29,31,33)/b6-5-,20-7+/t19-,24?/m0/s1. The van der Waals surface area contributed by atoms with Gasteiger partial charge in [0.2, 0.25) is 12.7 Å². The van der Waals surface area contributed by atoms with Crippen molar-refractivity contribution in [2.45, 2.75) is 50.6 Å². The molecule has 3 N–H and O–H groups in total. The third-order valence-electron chi connectivity index (χ3n) is 6.30. The molecule has 1 aromatic heterocycles. The van der Waals surface area contributed by atoms with E-state index < -0.39 is 5.41 Å². The maximum absolute atomic E-state index is 13.3. The lowest BCUT2D eigenvalue weighted by Gasteiger charge is -2.24. The van der Waals surface area contributed by atoms with Crippen molar-refractivity contribution in [2.75, 3.05) is 18.7 Å². The number of carbonyl (C=O) groups excluding carboxylic acids is 1. The second-order valence-corrected chi connectivity index (χ2v) is 11.0. The highest BCUT2D eigenvalue weighted by molar-refractivity contribution is 7.15. The maximum atomic E-state index is 13.3. The molecule has 1 aliphatic carbocycles. The Morgan fingerprint density at radius 2 is 2.08 bits per heavy atom. The zero-order valence-electron chi connectivity index (χ0n) is 20.5. The maximum Gasteiger partial charge on any atom is 0.236 e. The molecule has 1 aliphatic heterocycles. The highest BCUT2D eigenvalue weighted by Gasteiger charge is 2.52. The molecule has 1 unspecified atom stereocenters. The molecule has 192 valence electrons. The third kappa shape index (κ3) is 6.00. The van der Waals surface area contributed by atoms with E-state index in [-0.39, 0.29) is 31.4 Å². The molecule has 36 heavy (non-hydrogen) atoms. The van der Waals surface area contributed by atoms with Gasteiger partial charge in [-0.05, 0) is 49.0 Å². The van der Waals surface area contributed by atoms with Gasteiger partial charge in [0.25, 0.3) is 0 Å². The molecule has 0 spiro atoms. The van der Waals surface area contributed by atoms with Gasteiger partial charge in [-0.3, -0.25) is 10.1 Å². The molecule has 0 bridgehead atoms. The number of ether oxygens (including phenoxy) is 2. The average Bonchev–Trinajstić information content (AvgIpc) is 3.32. The minimum absolute atomic E-state index is 0.0121. The number of halogens is 1. The molecule has 1 amide bonds. The first-order chi connectivity index (χ1) is 17.4. The van der Waals surface area contributed by atoms with Crippen molar-refractivity contribution in [3.05, 3.63) is 70.8 Å². The van der Waals surface area contributed by atoms with Gasteiger partial charge in [-0.2, -0.15) is 0 Å². The van der Waals surface area contributed by atoms with Gasteiger partial charge in [-0.1, -0.05) is 67.7 Å². The zero-order valence-corrected chi connectivity index (χ0v) is 22.1. The average molecular weight is 530 g/mol. The molecule has 2 heterocycles. The predicted molar refractivity (Wildman–Crippen MR) is 144 cm³/mol. The molecule has 9 heteroatoms. The minimum Gasteiger partial charge on any atom is -0.454 e. The summed E-state index contributed by atoms with van der Waals surface area (Å²) >= 11 is 8.05. The largest absolute Gasteiger partial charge is 0.454 e. The van der Waals surface area contributed by atoms with E-state index >= 15 is 0 Å². The van der Waals surface area contributed by atoms with Crippen LogP contribution in [0.5, 0.6) is 11.5 Å². The van der Waals surface area contributed by atoms with Gasteiger partial charge in [0.15, 0.2) is 16.6 Å². The zero-order chi connectivity index (χ0) is 25.7. The number of amides is 1. The summed E-state index contributed by atoms with van der Waals surface area (Å²) in [5.74, 6) is 1.68. The van der Waals surface area contributed by atoms with Crippen LogP contribution in [0.1, 0.15) is 49.6 Å². The van der Waals surface area contributed by atoms with Crippen molar-refractivity contribution in [2.24, 2.45) is 5.92 Å². The predicted octanol–water partition coefficient (Wildman–Crippen LogP) is 5.44. The summed E-state index contributed by atoms with van der Waals surface area (Å²) in [7, 11) is 0. The van der Waals surface area contributed by atoms with Crippen LogP contribution in [0.3, 0.4) is 0 Å². The first-order valence-corrected chi connectivity index (χ1v) is 13.2. The lowest BCUT2D eigenvalue weighted by molar-refractivity contribution is -0.118. The summed E-state index contributed by atoms with van der Waals surface area (Å²) in [6, 6.07) is 5.17. The Morgan fingerprint density at radius 1 is 1.31 bits per heavy atom. The Labute approximate surface area is 220 Å². The number of aromatic nitrogens is 1. The number of thiazole rings is 1. The van der Waals surface area contributed by atoms with Crippen molar-refractivity contribution in [3.8, 4) is 11.5 Å². The Balaban J connectivity index is 1.51. The van der Waals surface area contributed by atoms with Gasteiger partial charge in [-0.15, -0.1) is 0 Å². The molecule has 1 fully saturated rings. The first kappa shape index (κ1) is 26.4. The molecule has 0 saturated heterocycles. The van der Waals surface area contributed by atoms with Crippen LogP contribution in [0.25, 0.3) is 0 Å². The molecular weight excluding hydrogens is 498 g/mol. The smallest absolute Gasteiger partial charge is 0.236 e. The van der Waals surface area contributed by atoms with E-state index in [2.05, 4.69) is 36.0 Å². The van der Waals surface area contributed by atoms with Crippen molar-refractivity contribution < 1.29 is 19.4 Å². The quantitative estimate of drug-likeness (QED) is 0.317. The van der Waals surface area contributed by atoms with Crippen LogP contribution >= 0.6 is 22.9 Å². The number of hydrogen-bond donors (Lipinski definition) is 3. The summed E-state index contributed by atoms with van der Waals surface area (Å²) in [6.45, 7) is 8.08. The van der Waals surface area contributed by atoms with E-state index in [9.17, 15) is 9.90 Å². The molecule has 0 radical (unpaired) electrons. The lowest BCUT2D eigenvalue weighted by atomic mass is 9.94. The number of aliphatic hydroxyl groups excluding tert-OH is 1. The fourth-order valence-corrected chi connectivity index (χ4v) is 5.49. The van der Waals surface area contributed by atoms with E-state index in [1.54, 1.807) is 24.4 Å². The van der Waals surface area contributed by atoms with E-state index in [4.69, 9.17) is 21.1 Å². The molecule has 2 aromatic rings. The SMILES string of the molecule is C=C/C=C\C=C(\Cl)C(N[C@H](CO)CC(C)C)c1cnc(NC(=O)C2(c3ccc4c(c3)OCO4)CC2)s1. The molecular formula is C27H32ClN3O4S. The van der Waals surface area contributed by atoms with Crippen LogP contribution in [0.15, 0.2) is 60.3 Å². The minimum atomic E-state index is -0.587. The fraction of sp³-hybridized carbons (Fsp3) is 0.407. The Kier molecular flexibility index (Phi) is 8.51. The van der Waals surface area contributed by atoms with Gasteiger partial charge in [0.05, 0.1) is 18.1 Å². The second kappa shape index (κ2) is 11.6. The topological polar surface area (TPSA) is 92.7 Å². The first-order valence-electron chi connectivity index (χ1n) is 12.0. The number of carbonyl (C=O) groups is 1. The summed E-state index contributed by atoms with van der Waals surface area (Å²) < 4.78 is 10.9. The van der Waals surface area contributed by atoms with Gasteiger partial charge in [0, 0.05) is 22.1 Å². The number of hydrogen-bond acceptors (Lipinski definition) is 7. The molecule has 4 rings (SSSR count). The molecule has 1 aromatic carbocycles. The van der Waals surface area contributed by atoms with E-state index in [0.29, 0.717) is 27.6 Å². The van der Waals surface area contributed by atoms with Crippen LogP contribution in [0, 0.1) is 5.92 Å². The van der Waals surface area contributed by atoms with E-state index in [0.717, 1.165) is 29.7 Å². The molecule has 1 saturated carbocycles. The van der Waals surface area contributed by atoms with Gasteiger partial charge >= 0.3 is 0 Å². The highest BCUT2D eigenvalue weighted by Crippen LogP contribution is 2.51. The number of fused-ring (bicyclic) bond motifs is 1. The Bertz CT molecular complexity index is 1160. The van der Waals surface area contributed by atoms with E-state index in [1.807, 2.05) is 24.3 Å². The summed E-state index contributed by atoms with van der Waals surface area (Å²) in [4.78, 5) is 18.6. The van der Waals surface area contributed by atoms with Gasteiger partial charge in [0.1, 0.15) is 0 Å². The number of allylic oxidation sites excluding steroid dienone is 4. The van der Waals surface area contributed by atoms with Crippen molar-refractivity contribution in [1.82, 2.24) is 10.3 Å². The summed E-state index contributed by atoms with van der Waals surface area (Å²) in [6.07, 6.45) is 11.1. The second-order valence-electron chi connectivity index (χ2n) is 9.45. The number of nitrogens with one attached hydrogen (secondary N) is 2. The van der Waals surface area contributed by atoms with Crippen LogP contribution in [0.4, 0.5) is 5.13 Å². The number of rotatable bonds is 12. The van der Waals surface area contributed by atoms with Crippen LogP contribution in [-0.4, -0.2) is 35.4 Å². The van der Waals surface area contributed by atoms with Crippen LogP contribution < -0.4 is 20.1 Å². The number of nitrogens with zero attached hydrogens (tertiary/aromatic N) is 1. The summed E-state index contributed by atoms with van der Waals surface area (Å²) in [5, 5.41) is 17.4. The number of aliphatic hydroxyl groups is 1. The normalized spacial score (nSPS) is 17.9. The van der Waals surface area contributed by atoms with Crippen molar-refractivity contribution in [1.29, 1.82) is 0 Å². The molecule has 2 atom stereocenters. The van der Waals surface area contributed by atoms with E-state index in [1.165, 1.54) is 11.3 Å². The highest BCUT2D eigenvalue weighted by atomic mass is 35.5. The Hall–Kier alpha value is -2.65. The van der Waals surface area contributed by atoms with Crippen LogP contribution in [-0.2, 0) is 10.2 Å². The molecule has 2 aliphatic rings. The number of anilines is 1.